The Labute approximate surface area is 129 Å². The first kappa shape index (κ1) is 16.4. The molecule has 1 atom stereocenters. The van der Waals surface area contributed by atoms with Crippen LogP contribution in [-0.4, -0.2) is 17.6 Å². The van der Waals surface area contributed by atoms with E-state index in [-0.39, 0.29) is 23.7 Å². The third kappa shape index (κ3) is 4.26. The van der Waals surface area contributed by atoms with Gasteiger partial charge in [-0.3, -0.25) is 5.84 Å². The van der Waals surface area contributed by atoms with Crippen LogP contribution in [0.2, 0.25) is 0 Å². The van der Waals surface area contributed by atoms with Gasteiger partial charge < -0.3 is 5.32 Å². The Kier molecular flexibility index (Phi) is 5.46. The zero-order valence-corrected chi connectivity index (χ0v) is 12.8. The normalized spacial score (nSPS) is 12.7. The highest BCUT2D eigenvalue weighted by Gasteiger charge is 2.20. The van der Waals surface area contributed by atoms with Gasteiger partial charge in [-0.05, 0) is 55.8 Å². The van der Waals surface area contributed by atoms with Crippen molar-refractivity contribution in [1.29, 1.82) is 0 Å². The Morgan fingerprint density at radius 3 is 1.95 bits per heavy atom. The monoisotopic (exact) mass is 305 g/mol. The lowest BCUT2D eigenvalue weighted by atomic mass is 10.0. The highest BCUT2D eigenvalue weighted by molar-refractivity contribution is 5.43. The fourth-order valence-electron chi connectivity index (χ4n) is 2.22. The summed E-state index contributed by atoms with van der Waals surface area (Å²) in [6.45, 7) is 4.52. The van der Waals surface area contributed by atoms with E-state index in [4.69, 9.17) is 5.84 Å². The van der Waals surface area contributed by atoms with Crippen LogP contribution >= 0.6 is 0 Å². The molecule has 0 aliphatic heterocycles. The van der Waals surface area contributed by atoms with Crippen molar-refractivity contribution in [3.05, 3.63) is 65.7 Å². The largest absolute Gasteiger partial charge is 0.383 e. The minimum absolute atomic E-state index is 0.120. The molecule has 0 heterocycles. The number of anilines is 1. The van der Waals surface area contributed by atoms with Crippen LogP contribution in [-0.2, 0) is 0 Å². The topological polar surface area (TPSA) is 41.3 Å². The first-order chi connectivity index (χ1) is 10.5. The van der Waals surface area contributed by atoms with Crippen molar-refractivity contribution < 1.29 is 8.78 Å². The Morgan fingerprint density at radius 2 is 1.45 bits per heavy atom. The van der Waals surface area contributed by atoms with Gasteiger partial charge >= 0.3 is 0 Å². The smallest absolute Gasteiger partial charge is 0.123 e. The number of halogens is 2. The van der Waals surface area contributed by atoms with Gasteiger partial charge in [-0.2, -0.15) is 0 Å². The molecular formula is C17H21F2N3. The van der Waals surface area contributed by atoms with E-state index < -0.39 is 0 Å². The predicted octanol–water partition coefficient (Wildman–Crippen LogP) is 3.70. The van der Waals surface area contributed by atoms with Crippen molar-refractivity contribution in [2.75, 3.05) is 11.9 Å². The lowest BCUT2D eigenvalue weighted by molar-refractivity contribution is 0.163. The first-order valence-corrected chi connectivity index (χ1v) is 7.25. The Morgan fingerprint density at radius 1 is 0.955 bits per heavy atom. The minimum atomic E-state index is -0.276. The standard InChI is InChI=1S/C17H21F2N3/c1-12(2)22(20)17(13-3-5-14(18)6-4-13)11-21-16-9-7-15(19)8-10-16/h3-10,12,17,21H,11,20H2,1-2H3. The summed E-state index contributed by atoms with van der Waals surface area (Å²) in [4.78, 5) is 0. The van der Waals surface area contributed by atoms with E-state index in [0.29, 0.717) is 6.54 Å². The molecule has 22 heavy (non-hydrogen) atoms. The summed E-state index contributed by atoms with van der Waals surface area (Å²) in [6.07, 6.45) is 0. The van der Waals surface area contributed by atoms with E-state index in [1.807, 2.05) is 13.8 Å². The molecule has 0 saturated heterocycles. The molecule has 3 nitrogen and oxygen atoms in total. The van der Waals surface area contributed by atoms with E-state index in [2.05, 4.69) is 5.32 Å². The number of benzene rings is 2. The molecule has 2 rings (SSSR count). The van der Waals surface area contributed by atoms with E-state index >= 15 is 0 Å². The first-order valence-electron chi connectivity index (χ1n) is 7.25. The SMILES string of the molecule is CC(C)N(N)C(CNc1ccc(F)cc1)c1ccc(F)cc1. The molecule has 0 aromatic heterocycles. The number of rotatable bonds is 6. The van der Waals surface area contributed by atoms with Gasteiger partial charge in [-0.15, -0.1) is 0 Å². The number of hydrazine groups is 1. The summed E-state index contributed by atoms with van der Waals surface area (Å²) in [5, 5.41) is 4.96. The molecule has 0 aliphatic carbocycles. The number of nitrogens with zero attached hydrogens (tertiary/aromatic N) is 1. The molecule has 118 valence electrons. The zero-order valence-electron chi connectivity index (χ0n) is 12.8. The molecular weight excluding hydrogens is 284 g/mol. The Hall–Kier alpha value is -1.98. The lowest BCUT2D eigenvalue weighted by Gasteiger charge is -2.31. The minimum Gasteiger partial charge on any atom is -0.383 e. The lowest BCUT2D eigenvalue weighted by Crippen LogP contribution is -2.43. The average Bonchev–Trinajstić information content (AvgIpc) is 2.50. The number of hydrogen-bond donors (Lipinski definition) is 2. The second-order valence-electron chi connectivity index (χ2n) is 5.50. The maximum Gasteiger partial charge on any atom is 0.123 e. The van der Waals surface area contributed by atoms with Crippen molar-refractivity contribution in [3.63, 3.8) is 0 Å². The molecule has 0 radical (unpaired) electrons. The fourth-order valence-corrected chi connectivity index (χ4v) is 2.22. The predicted molar refractivity (Wildman–Crippen MR) is 85.2 cm³/mol. The third-order valence-corrected chi connectivity index (χ3v) is 3.55. The molecule has 0 spiro atoms. The van der Waals surface area contributed by atoms with Crippen LogP contribution in [0.3, 0.4) is 0 Å². The molecule has 0 amide bonds. The van der Waals surface area contributed by atoms with E-state index in [1.54, 1.807) is 29.3 Å². The molecule has 5 heteroatoms. The highest BCUT2D eigenvalue weighted by Crippen LogP contribution is 2.21. The zero-order chi connectivity index (χ0) is 16.1. The van der Waals surface area contributed by atoms with Crippen molar-refractivity contribution in [2.45, 2.75) is 25.9 Å². The summed E-state index contributed by atoms with van der Waals surface area (Å²) < 4.78 is 26.0. The molecule has 0 bridgehead atoms. The number of hydrogen-bond acceptors (Lipinski definition) is 3. The van der Waals surface area contributed by atoms with Crippen molar-refractivity contribution in [1.82, 2.24) is 5.01 Å². The molecule has 3 N–H and O–H groups in total. The second-order valence-corrected chi connectivity index (χ2v) is 5.50. The van der Waals surface area contributed by atoms with Gasteiger partial charge in [0.05, 0.1) is 6.04 Å². The summed E-state index contributed by atoms with van der Waals surface area (Å²) in [7, 11) is 0. The van der Waals surface area contributed by atoms with Gasteiger partial charge in [-0.25, -0.2) is 13.8 Å². The second kappa shape index (κ2) is 7.33. The van der Waals surface area contributed by atoms with Gasteiger partial charge in [0.2, 0.25) is 0 Å². The fraction of sp³-hybridized carbons (Fsp3) is 0.294. The molecule has 1 unspecified atom stereocenters. The highest BCUT2D eigenvalue weighted by atomic mass is 19.1. The van der Waals surface area contributed by atoms with Crippen molar-refractivity contribution in [3.8, 4) is 0 Å². The van der Waals surface area contributed by atoms with E-state index in [0.717, 1.165) is 11.3 Å². The number of nitrogens with one attached hydrogen (secondary N) is 1. The van der Waals surface area contributed by atoms with Gasteiger partial charge in [0.25, 0.3) is 0 Å². The average molecular weight is 305 g/mol. The van der Waals surface area contributed by atoms with Gasteiger partial charge in [0.15, 0.2) is 0 Å². The van der Waals surface area contributed by atoms with Gasteiger partial charge in [0, 0.05) is 18.3 Å². The quantitative estimate of drug-likeness (QED) is 0.631. The summed E-state index contributed by atoms with van der Waals surface area (Å²) >= 11 is 0. The molecule has 0 saturated carbocycles. The Balaban J connectivity index is 2.14. The molecule has 2 aromatic rings. The van der Waals surface area contributed by atoms with Crippen LogP contribution in [0.4, 0.5) is 14.5 Å². The number of nitrogens with two attached hydrogens (primary N) is 1. The van der Waals surface area contributed by atoms with Crippen LogP contribution in [0.25, 0.3) is 0 Å². The molecule has 0 fully saturated rings. The Bertz CT molecular complexity index is 582. The van der Waals surface area contributed by atoms with E-state index in [9.17, 15) is 8.78 Å². The molecule has 2 aromatic carbocycles. The van der Waals surface area contributed by atoms with Crippen molar-refractivity contribution in [2.24, 2.45) is 5.84 Å². The summed E-state index contributed by atoms with van der Waals surface area (Å²) in [5.41, 5.74) is 1.73. The van der Waals surface area contributed by atoms with E-state index in [1.165, 1.54) is 24.3 Å². The maximum absolute atomic E-state index is 13.1. The third-order valence-electron chi connectivity index (χ3n) is 3.55. The summed E-state index contributed by atoms with van der Waals surface area (Å²) in [6, 6.07) is 12.5. The maximum atomic E-state index is 13.1. The van der Waals surface area contributed by atoms with Crippen LogP contribution < -0.4 is 11.2 Å². The summed E-state index contributed by atoms with van der Waals surface area (Å²) in [5.74, 6) is 5.61. The van der Waals surface area contributed by atoms with Crippen LogP contribution in [0.15, 0.2) is 48.5 Å². The van der Waals surface area contributed by atoms with Crippen molar-refractivity contribution >= 4 is 5.69 Å². The van der Waals surface area contributed by atoms with Crippen LogP contribution in [0.1, 0.15) is 25.5 Å². The van der Waals surface area contributed by atoms with Crippen LogP contribution in [0, 0.1) is 11.6 Å². The van der Waals surface area contributed by atoms with Gasteiger partial charge in [-0.1, -0.05) is 12.1 Å². The molecule has 0 aliphatic rings. The van der Waals surface area contributed by atoms with Gasteiger partial charge in [0.1, 0.15) is 11.6 Å². The van der Waals surface area contributed by atoms with Crippen LogP contribution in [0.5, 0.6) is 0 Å².